The van der Waals surface area contributed by atoms with Gasteiger partial charge in [0.1, 0.15) is 5.00 Å². The van der Waals surface area contributed by atoms with E-state index in [0.29, 0.717) is 17.0 Å². The van der Waals surface area contributed by atoms with Crippen molar-refractivity contribution in [3.05, 3.63) is 16.0 Å². The molecule has 6 nitrogen and oxygen atoms in total. The van der Waals surface area contributed by atoms with Gasteiger partial charge in [-0.15, -0.1) is 11.3 Å². The van der Waals surface area contributed by atoms with Crippen molar-refractivity contribution in [2.24, 2.45) is 0 Å². The summed E-state index contributed by atoms with van der Waals surface area (Å²) in [5.41, 5.74) is 1.36. The van der Waals surface area contributed by atoms with E-state index in [0.717, 1.165) is 42.5 Å². The molecule has 1 aromatic heterocycles. The van der Waals surface area contributed by atoms with E-state index in [2.05, 4.69) is 10.6 Å². The summed E-state index contributed by atoms with van der Waals surface area (Å²) in [5, 5.41) is 5.59. The van der Waals surface area contributed by atoms with E-state index < -0.39 is 12.0 Å². The fourth-order valence-corrected chi connectivity index (χ4v) is 3.88. The first-order chi connectivity index (χ1) is 11.1. The van der Waals surface area contributed by atoms with Gasteiger partial charge in [-0.3, -0.25) is 14.9 Å². The van der Waals surface area contributed by atoms with Crippen molar-refractivity contribution in [1.82, 2.24) is 5.32 Å². The molecule has 1 aliphatic rings. The monoisotopic (exact) mass is 338 g/mol. The van der Waals surface area contributed by atoms with Gasteiger partial charge in [0.05, 0.1) is 12.2 Å². The molecule has 0 aromatic carbocycles. The highest BCUT2D eigenvalue weighted by Gasteiger charge is 2.28. The summed E-state index contributed by atoms with van der Waals surface area (Å²) in [4.78, 5) is 37.0. The molecule has 126 valence electrons. The molecule has 1 aromatic rings. The molecule has 0 saturated heterocycles. The molecule has 0 atom stereocenters. The molecule has 2 rings (SSSR count). The number of thiophene rings is 1. The Morgan fingerprint density at radius 2 is 2.00 bits per heavy atom. The number of nitrogens with one attached hydrogen (secondary N) is 2. The van der Waals surface area contributed by atoms with Crippen LogP contribution in [0, 0.1) is 0 Å². The number of aryl methyl sites for hydroxylation is 1. The van der Waals surface area contributed by atoms with E-state index in [-0.39, 0.29) is 12.5 Å². The van der Waals surface area contributed by atoms with Crippen LogP contribution >= 0.6 is 11.3 Å². The van der Waals surface area contributed by atoms with Gasteiger partial charge in [-0.25, -0.2) is 4.79 Å². The highest BCUT2D eigenvalue weighted by molar-refractivity contribution is 7.17. The Labute approximate surface area is 139 Å². The van der Waals surface area contributed by atoms with Gasteiger partial charge in [-0.1, -0.05) is 13.3 Å². The van der Waals surface area contributed by atoms with Crippen LogP contribution in [0.2, 0.25) is 0 Å². The SMILES string of the molecule is CCCCC(=O)Nc1sc2c(c1C(=O)NC(=O)OCC)CCC2. The van der Waals surface area contributed by atoms with E-state index in [1.807, 2.05) is 6.92 Å². The van der Waals surface area contributed by atoms with Crippen molar-refractivity contribution in [3.8, 4) is 0 Å². The summed E-state index contributed by atoms with van der Waals surface area (Å²) < 4.78 is 4.75. The predicted octanol–water partition coefficient (Wildman–Crippen LogP) is 3.25. The molecule has 0 bridgehead atoms. The molecule has 0 fully saturated rings. The lowest BCUT2D eigenvalue weighted by Crippen LogP contribution is -2.32. The number of alkyl carbamates (subject to hydrolysis) is 1. The Bertz CT molecular complexity index is 609. The van der Waals surface area contributed by atoms with E-state index in [9.17, 15) is 14.4 Å². The van der Waals surface area contributed by atoms with Gasteiger partial charge >= 0.3 is 6.09 Å². The minimum absolute atomic E-state index is 0.100. The average Bonchev–Trinajstić information content (AvgIpc) is 3.05. The predicted molar refractivity (Wildman–Crippen MR) is 89.0 cm³/mol. The first kappa shape index (κ1) is 17.5. The molecule has 3 amide bonds. The third-order valence-electron chi connectivity index (χ3n) is 3.65. The van der Waals surface area contributed by atoms with Crippen LogP contribution in [-0.2, 0) is 22.4 Å². The number of unbranched alkanes of at least 4 members (excludes halogenated alkanes) is 1. The second-order valence-corrected chi connectivity index (χ2v) is 6.49. The summed E-state index contributed by atoms with van der Waals surface area (Å²) in [7, 11) is 0. The molecule has 7 heteroatoms. The number of amides is 3. The maximum Gasteiger partial charge on any atom is 0.414 e. The summed E-state index contributed by atoms with van der Waals surface area (Å²) in [6.45, 7) is 3.89. The molecular formula is C16H22N2O4S. The zero-order valence-electron chi connectivity index (χ0n) is 13.5. The van der Waals surface area contributed by atoms with Crippen molar-refractivity contribution in [2.45, 2.75) is 52.4 Å². The Kier molecular flexibility index (Phi) is 6.15. The number of fused-ring (bicyclic) bond motifs is 1. The summed E-state index contributed by atoms with van der Waals surface area (Å²) in [5.74, 6) is -0.606. The lowest BCUT2D eigenvalue weighted by Gasteiger charge is -2.08. The standard InChI is InChI=1S/C16H22N2O4S/c1-3-5-9-12(19)17-15-13(10-7-6-8-11(10)23-15)14(20)18-16(21)22-4-2/h3-9H2,1-2H3,(H,17,19)(H,18,20,21). The minimum Gasteiger partial charge on any atom is -0.450 e. The lowest BCUT2D eigenvalue weighted by molar-refractivity contribution is -0.116. The molecular weight excluding hydrogens is 316 g/mol. The number of carbonyl (C=O) groups is 3. The van der Waals surface area contributed by atoms with Gasteiger partial charge in [-0.2, -0.15) is 0 Å². The van der Waals surface area contributed by atoms with Crippen LogP contribution in [0.25, 0.3) is 0 Å². The Morgan fingerprint density at radius 3 is 2.70 bits per heavy atom. The van der Waals surface area contributed by atoms with Crippen LogP contribution in [-0.4, -0.2) is 24.5 Å². The smallest absolute Gasteiger partial charge is 0.414 e. The Hall–Kier alpha value is -1.89. The number of carbonyl (C=O) groups excluding carboxylic acids is 3. The molecule has 0 saturated carbocycles. The number of ether oxygens (including phenoxy) is 1. The maximum atomic E-state index is 12.4. The molecule has 0 radical (unpaired) electrons. The third kappa shape index (κ3) is 4.31. The van der Waals surface area contributed by atoms with Crippen molar-refractivity contribution in [3.63, 3.8) is 0 Å². The van der Waals surface area contributed by atoms with Gasteiger partial charge in [-0.05, 0) is 38.2 Å². The van der Waals surface area contributed by atoms with Crippen molar-refractivity contribution >= 4 is 34.2 Å². The molecule has 23 heavy (non-hydrogen) atoms. The van der Waals surface area contributed by atoms with Crippen LogP contribution in [0.4, 0.5) is 9.80 Å². The topological polar surface area (TPSA) is 84.5 Å². The number of hydrogen-bond donors (Lipinski definition) is 2. The number of imide groups is 1. The van der Waals surface area contributed by atoms with Gasteiger partial charge < -0.3 is 10.1 Å². The second-order valence-electron chi connectivity index (χ2n) is 5.39. The summed E-state index contributed by atoms with van der Waals surface area (Å²) in [6, 6.07) is 0. The van der Waals surface area contributed by atoms with Crippen LogP contribution in [0.15, 0.2) is 0 Å². The normalized spacial score (nSPS) is 12.6. The number of anilines is 1. The van der Waals surface area contributed by atoms with Gasteiger partial charge in [0.2, 0.25) is 5.91 Å². The van der Waals surface area contributed by atoms with E-state index >= 15 is 0 Å². The first-order valence-corrected chi connectivity index (χ1v) is 8.80. The molecule has 0 unspecified atom stereocenters. The minimum atomic E-state index is -0.765. The van der Waals surface area contributed by atoms with E-state index in [1.165, 1.54) is 11.3 Å². The number of hydrogen-bond acceptors (Lipinski definition) is 5. The lowest BCUT2D eigenvalue weighted by atomic mass is 10.1. The van der Waals surface area contributed by atoms with Gasteiger partial charge in [0, 0.05) is 11.3 Å². The molecule has 0 aliphatic heterocycles. The quantitative estimate of drug-likeness (QED) is 0.834. The van der Waals surface area contributed by atoms with Crippen molar-refractivity contribution < 1.29 is 19.1 Å². The van der Waals surface area contributed by atoms with E-state index in [1.54, 1.807) is 6.92 Å². The highest BCUT2D eigenvalue weighted by Crippen LogP contribution is 2.39. The largest absolute Gasteiger partial charge is 0.450 e. The van der Waals surface area contributed by atoms with Crippen LogP contribution < -0.4 is 10.6 Å². The maximum absolute atomic E-state index is 12.4. The van der Waals surface area contributed by atoms with Crippen LogP contribution in [0.1, 0.15) is 60.3 Å². The first-order valence-electron chi connectivity index (χ1n) is 7.99. The van der Waals surface area contributed by atoms with Gasteiger partial charge in [0.15, 0.2) is 0 Å². The fraction of sp³-hybridized carbons (Fsp3) is 0.562. The Balaban J connectivity index is 2.17. The Morgan fingerprint density at radius 1 is 1.22 bits per heavy atom. The molecule has 2 N–H and O–H groups in total. The third-order valence-corrected chi connectivity index (χ3v) is 4.86. The van der Waals surface area contributed by atoms with Crippen molar-refractivity contribution in [1.29, 1.82) is 0 Å². The van der Waals surface area contributed by atoms with E-state index in [4.69, 9.17) is 4.74 Å². The highest BCUT2D eigenvalue weighted by atomic mass is 32.1. The summed E-state index contributed by atoms with van der Waals surface area (Å²) in [6.07, 6.45) is 4.10. The van der Waals surface area contributed by atoms with Crippen LogP contribution in [0.5, 0.6) is 0 Å². The zero-order valence-corrected chi connectivity index (χ0v) is 14.3. The average molecular weight is 338 g/mol. The van der Waals surface area contributed by atoms with Crippen molar-refractivity contribution in [2.75, 3.05) is 11.9 Å². The van der Waals surface area contributed by atoms with Crippen LogP contribution in [0.3, 0.4) is 0 Å². The molecule has 0 spiro atoms. The number of rotatable bonds is 6. The molecule has 1 heterocycles. The summed E-state index contributed by atoms with van der Waals surface area (Å²) >= 11 is 1.43. The second kappa shape index (κ2) is 8.10. The molecule has 1 aliphatic carbocycles. The zero-order chi connectivity index (χ0) is 16.8. The van der Waals surface area contributed by atoms with Gasteiger partial charge in [0.25, 0.3) is 5.91 Å². The fourth-order valence-electron chi connectivity index (χ4n) is 2.58.